The number of aromatic nitrogens is 3. The van der Waals surface area contributed by atoms with E-state index in [9.17, 15) is 0 Å². The minimum atomic E-state index is 0. The molecule has 0 unspecified atom stereocenters. The molecule has 0 radical (unpaired) electrons. The Balaban J connectivity index is 0.00000225. The Bertz CT molecular complexity index is 776. The van der Waals surface area contributed by atoms with Crippen molar-refractivity contribution < 1.29 is 9.26 Å². The first-order chi connectivity index (χ1) is 11.6. The number of hydrogen-bond donors (Lipinski definition) is 1. The third-order valence-corrected chi connectivity index (χ3v) is 4.02. The van der Waals surface area contributed by atoms with Crippen LogP contribution in [0.3, 0.4) is 0 Å². The first kappa shape index (κ1) is 19.0. The molecule has 2 aromatic heterocycles. The molecule has 6 nitrogen and oxygen atoms in total. The van der Waals surface area contributed by atoms with Crippen molar-refractivity contribution >= 4 is 12.4 Å². The molecule has 25 heavy (non-hydrogen) atoms. The molecule has 0 aliphatic carbocycles. The van der Waals surface area contributed by atoms with Crippen LogP contribution in [0.1, 0.15) is 28.4 Å². The molecular formula is C18H23ClN4O2. The summed E-state index contributed by atoms with van der Waals surface area (Å²) >= 11 is 0. The largest absolute Gasteiger partial charge is 0.486 e. The molecule has 3 rings (SSSR count). The molecule has 1 aromatic carbocycles. The van der Waals surface area contributed by atoms with Crippen molar-refractivity contribution in [3.8, 4) is 5.75 Å². The maximum Gasteiger partial charge on any atom is 0.146 e. The van der Waals surface area contributed by atoms with E-state index < -0.39 is 0 Å². The fourth-order valence-electron chi connectivity index (χ4n) is 2.47. The number of nitrogens with one attached hydrogen (secondary N) is 1. The zero-order valence-corrected chi connectivity index (χ0v) is 15.5. The summed E-state index contributed by atoms with van der Waals surface area (Å²) in [6.45, 7) is 5.89. The van der Waals surface area contributed by atoms with Gasteiger partial charge in [0.2, 0.25) is 0 Å². The number of aryl methyl sites for hydroxylation is 3. The predicted molar refractivity (Wildman–Crippen MR) is 97.8 cm³/mol. The summed E-state index contributed by atoms with van der Waals surface area (Å²) in [7, 11) is 1.96. The third kappa shape index (κ3) is 4.84. The molecule has 2 heterocycles. The van der Waals surface area contributed by atoms with Crippen LogP contribution >= 0.6 is 12.4 Å². The van der Waals surface area contributed by atoms with Crippen molar-refractivity contribution in [1.29, 1.82) is 0 Å². The number of nitrogens with zero attached hydrogens (tertiary/aromatic N) is 3. The van der Waals surface area contributed by atoms with Gasteiger partial charge in [-0.05, 0) is 31.5 Å². The monoisotopic (exact) mass is 362 g/mol. The quantitative estimate of drug-likeness (QED) is 0.698. The van der Waals surface area contributed by atoms with E-state index in [1.165, 1.54) is 5.56 Å². The van der Waals surface area contributed by atoms with E-state index >= 15 is 0 Å². The Morgan fingerprint density at radius 3 is 2.52 bits per heavy atom. The number of benzene rings is 1. The normalized spacial score (nSPS) is 10.5. The predicted octanol–water partition coefficient (Wildman–Crippen LogP) is 3.32. The van der Waals surface area contributed by atoms with Gasteiger partial charge in [-0.25, -0.2) is 4.98 Å². The summed E-state index contributed by atoms with van der Waals surface area (Å²) in [4.78, 5) is 4.24. The molecule has 0 aliphatic heterocycles. The molecule has 0 spiro atoms. The molecule has 0 bridgehead atoms. The average Bonchev–Trinajstić information content (AvgIpc) is 3.13. The summed E-state index contributed by atoms with van der Waals surface area (Å²) in [5, 5.41) is 7.38. The Morgan fingerprint density at radius 2 is 1.92 bits per heavy atom. The Kier molecular flexibility index (Phi) is 6.61. The molecule has 7 heteroatoms. The maximum absolute atomic E-state index is 5.76. The highest BCUT2D eigenvalue weighted by Gasteiger charge is 2.08. The summed E-state index contributed by atoms with van der Waals surface area (Å²) in [6, 6.07) is 8.09. The fourth-order valence-corrected chi connectivity index (χ4v) is 2.47. The van der Waals surface area contributed by atoms with E-state index in [-0.39, 0.29) is 12.4 Å². The van der Waals surface area contributed by atoms with Crippen LogP contribution in [0, 0.1) is 13.8 Å². The summed E-state index contributed by atoms with van der Waals surface area (Å²) < 4.78 is 12.9. The molecule has 0 aliphatic rings. The van der Waals surface area contributed by atoms with Crippen LogP contribution in [0.4, 0.5) is 0 Å². The van der Waals surface area contributed by atoms with Gasteiger partial charge in [0.05, 0.1) is 5.69 Å². The summed E-state index contributed by atoms with van der Waals surface area (Å²) in [5.41, 5.74) is 3.27. The fraction of sp³-hybridized carbons (Fsp3) is 0.333. The molecule has 0 fully saturated rings. The lowest BCUT2D eigenvalue weighted by atomic mass is 10.2. The number of rotatable bonds is 7. The van der Waals surface area contributed by atoms with Gasteiger partial charge < -0.3 is 19.1 Å². The smallest absolute Gasteiger partial charge is 0.146 e. The van der Waals surface area contributed by atoms with Crippen LogP contribution in [0.15, 0.2) is 41.2 Å². The highest BCUT2D eigenvalue weighted by atomic mass is 35.5. The minimum absolute atomic E-state index is 0. The Morgan fingerprint density at radius 1 is 1.16 bits per heavy atom. The van der Waals surface area contributed by atoms with Crippen molar-refractivity contribution in [3.05, 3.63) is 65.1 Å². The van der Waals surface area contributed by atoms with Gasteiger partial charge in [0.25, 0.3) is 0 Å². The zero-order valence-electron chi connectivity index (χ0n) is 14.7. The van der Waals surface area contributed by atoms with Gasteiger partial charge >= 0.3 is 0 Å². The van der Waals surface area contributed by atoms with Crippen molar-refractivity contribution in [2.24, 2.45) is 7.05 Å². The molecule has 1 N–H and O–H groups in total. The van der Waals surface area contributed by atoms with E-state index in [0.717, 1.165) is 41.7 Å². The molecule has 0 saturated heterocycles. The zero-order chi connectivity index (χ0) is 16.9. The second-order valence-electron chi connectivity index (χ2n) is 5.79. The third-order valence-electron chi connectivity index (χ3n) is 4.02. The lowest BCUT2D eigenvalue weighted by Gasteiger charge is -2.08. The van der Waals surface area contributed by atoms with Crippen LogP contribution < -0.4 is 10.1 Å². The van der Waals surface area contributed by atoms with Crippen LogP contribution in [0.2, 0.25) is 0 Å². The summed E-state index contributed by atoms with van der Waals surface area (Å²) in [6.07, 6.45) is 3.68. The Hall–Kier alpha value is -2.31. The minimum Gasteiger partial charge on any atom is -0.486 e. The average molecular weight is 363 g/mol. The molecule has 134 valence electrons. The van der Waals surface area contributed by atoms with Crippen LogP contribution in [0.25, 0.3) is 0 Å². The Labute approximate surface area is 153 Å². The number of halogens is 1. The summed E-state index contributed by atoms with van der Waals surface area (Å²) in [5.74, 6) is 2.62. The van der Waals surface area contributed by atoms with Crippen molar-refractivity contribution in [2.45, 2.75) is 33.5 Å². The maximum atomic E-state index is 5.76. The van der Waals surface area contributed by atoms with E-state index in [1.54, 1.807) is 6.20 Å². The standard InChI is InChI=1S/C18H22N4O2.ClH/c1-13-17(14(2)24-21-13)11-19-10-15-4-6-16(7-5-15)23-12-18-20-8-9-22(18)3;/h4-9,19H,10-12H2,1-3H3;1H. The van der Waals surface area contributed by atoms with Gasteiger partial charge in [-0.2, -0.15) is 0 Å². The molecule has 0 saturated carbocycles. The van der Waals surface area contributed by atoms with Gasteiger partial charge in [-0.15, -0.1) is 12.4 Å². The van der Waals surface area contributed by atoms with E-state index in [0.29, 0.717) is 6.61 Å². The van der Waals surface area contributed by atoms with Gasteiger partial charge in [0, 0.05) is 38.1 Å². The van der Waals surface area contributed by atoms with E-state index in [1.807, 2.05) is 43.8 Å². The van der Waals surface area contributed by atoms with Crippen molar-refractivity contribution in [3.63, 3.8) is 0 Å². The molecule has 0 atom stereocenters. The van der Waals surface area contributed by atoms with Gasteiger partial charge in [0.15, 0.2) is 0 Å². The van der Waals surface area contributed by atoms with Crippen molar-refractivity contribution in [1.82, 2.24) is 20.0 Å². The van der Waals surface area contributed by atoms with Gasteiger partial charge in [-0.3, -0.25) is 0 Å². The van der Waals surface area contributed by atoms with Gasteiger partial charge in [-0.1, -0.05) is 17.3 Å². The second kappa shape index (κ2) is 8.69. The molecule has 3 aromatic rings. The molecule has 0 amide bonds. The lowest BCUT2D eigenvalue weighted by molar-refractivity contribution is 0.291. The first-order valence-corrected chi connectivity index (χ1v) is 7.94. The highest BCUT2D eigenvalue weighted by Crippen LogP contribution is 2.15. The van der Waals surface area contributed by atoms with E-state index in [2.05, 4.69) is 27.6 Å². The van der Waals surface area contributed by atoms with Crippen LogP contribution in [-0.4, -0.2) is 14.7 Å². The lowest BCUT2D eigenvalue weighted by Crippen LogP contribution is -2.13. The number of imidazole rings is 1. The van der Waals surface area contributed by atoms with Crippen molar-refractivity contribution in [2.75, 3.05) is 0 Å². The van der Waals surface area contributed by atoms with Gasteiger partial charge in [0.1, 0.15) is 23.9 Å². The van der Waals surface area contributed by atoms with E-state index in [4.69, 9.17) is 9.26 Å². The topological polar surface area (TPSA) is 65.1 Å². The van der Waals surface area contributed by atoms with Crippen LogP contribution in [0.5, 0.6) is 5.75 Å². The molecular weight excluding hydrogens is 340 g/mol. The SMILES string of the molecule is Cc1noc(C)c1CNCc1ccc(OCc2nccn2C)cc1.Cl. The number of ether oxygens (including phenoxy) is 1. The second-order valence-corrected chi connectivity index (χ2v) is 5.79. The first-order valence-electron chi connectivity index (χ1n) is 7.94. The van der Waals surface area contributed by atoms with Crippen LogP contribution in [-0.2, 0) is 26.7 Å². The highest BCUT2D eigenvalue weighted by molar-refractivity contribution is 5.85. The number of hydrogen-bond acceptors (Lipinski definition) is 5.